The molecule has 1 aliphatic rings. The molecule has 4 heteroatoms. The minimum Gasteiger partial charge on any atom is -0.390 e. The third-order valence-corrected chi connectivity index (χ3v) is 3.78. The van der Waals surface area contributed by atoms with Crippen molar-refractivity contribution in [2.45, 2.75) is 37.7 Å². The van der Waals surface area contributed by atoms with Gasteiger partial charge in [-0.1, -0.05) is 0 Å². The van der Waals surface area contributed by atoms with Crippen molar-refractivity contribution in [1.29, 1.82) is 0 Å². The van der Waals surface area contributed by atoms with Crippen molar-refractivity contribution in [3.05, 3.63) is 18.0 Å². The van der Waals surface area contributed by atoms with E-state index in [1.165, 1.54) is 5.56 Å². The first-order valence-electron chi connectivity index (χ1n) is 6.46. The highest BCUT2D eigenvalue weighted by molar-refractivity contribution is 5.04. The number of aromatic nitrogens is 2. The maximum atomic E-state index is 10.6. The minimum absolute atomic E-state index is 0.472. The molecule has 17 heavy (non-hydrogen) atoms. The van der Waals surface area contributed by atoms with Gasteiger partial charge in [-0.3, -0.25) is 4.68 Å². The summed E-state index contributed by atoms with van der Waals surface area (Å²) < 4.78 is 1.82. The maximum absolute atomic E-state index is 10.6. The lowest BCUT2D eigenvalue weighted by Gasteiger charge is -2.26. The van der Waals surface area contributed by atoms with Gasteiger partial charge in [0.1, 0.15) is 0 Å². The topological polar surface area (TPSA) is 41.3 Å². The van der Waals surface area contributed by atoms with E-state index in [1.54, 1.807) is 0 Å². The molecular weight excluding hydrogens is 214 g/mol. The second kappa shape index (κ2) is 5.19. The molecule has 2 rings (SSSR count). The van der Waals surface area contributed by atoms with E-state index >= 15 is 0 Å². The zero-order valence-electron chi connectivity index (χ0n) is 10.9. The normalized spacial score (nSPS) is 27.0. The van der Waals surface area contributed by atoms with Crippen LogP contribution in [-0.2, 0) is 13.5 Å². The Labute approximate surface area is 103 Å². The largest absolute Gasteiger partial charge is 0.390 e. The Morgan fingerprint density at radius 2 is 2.18 bits per heavy atom. The number of likely N-dealkylation sites (tertiary alicyclic amines) is 1. The van der Waals surface area contributed by atoms with Gasteiger partial charge in [0.15, 0.2) is 0 Å². The second-order valence-electron chi connectivity index (χ2n) is 5.40. The van der Waals surface area contributed by atoms with E-state index in [2.05, 4.69) is 17.0 Å². The standard InChI is InChI=1S/C13H23N3O/c1-15-8-3-5-13(17,7-9-15)6-4-12-10-14-16(2)11-12/h10-11,17H,3-9H2,1-2H3. The fourth-order valence-electron chi connectivity index (χ4n) is 2.54. The number of rotatable bonds is 3. The van der Waals surface area contributed by atoms with Crippen LogP contribution in [0.15, 0.2) is 12.4 Å². The molecule has 1 N–H and O–H groups in total. The molecule has 0 aromatic carbocycles. The van der Waals surface area contributed by atoms with Crippen molar-refractivity contribution in [1.82, 2.24) is 14.7 Å². The Morgan fingerprint density at radius 1 is 1.35 bits per heavy atom. The van der Waals surface area contributed by atoms with Crippen molar-refractivity contribution < 1.29 is 5.11 Å². The molecule has 0 amide bonds. The van der Waals surface area contributed by atoms with Gasteiger partial charge < -0.3 is 10.0 Å². The van der Waals surface area contributed by atoms with Crippen LogP contribution < -0.4 is 0 Å². The molecule has 1 fully saturated rings. The first-order valence-corrected chi connectivity index (χ1v) is 6.46. The van der Waals surface area contributed by atoms with E-state index in [0.717, 1.165) is 45.2 Å². The summed E-state index contributed by atoms with van der Waals surface area (Å²) in [6.07, 6.45) is 8.63. The summed E-state index contributed by atoms with van der Waals surface area (Å²) in [7, 11) is 4.06. The van der Waals surface area contributed by atoms with Crippen LogP contribution in [0.1, 0.15) is 31.2 Å². The van der Waals surface area contributed by atoms with E-state index in [-0.39, 0.29) is 0 Å². The van der Waals surface area contributed by atoms with Gasteiger partial charge in [0.05, 0.1) is 11.8 Å². The fraction of sp³-hybridized carbons (Fsp3) is 0.769. The van der Waals surface area contributed by atoms with Crippen molar-refractivity contribution in [2.75, 3.05) is 20.1 Å². The Balaban J connectivity index is 1.88. The summed E-state index contributed by atoms with van der Waals surface area (Å²) in [5.74, 6) is 0. The first-order chi connectivity index (χ1) is 8.07. The van der Waals surface area contributed by atoms with Gasteiger partial charge in [0.25, 0.3) is 0 Å². The van der Waals surface area contributed by atoms with Gasteiger partial charge >= 0.3 is 0 Å². The highest BCUT2D eigenvalue weighted by Crippen LogP contribution is 2.26. The van der Waals surface area contributed by atoms with Crippen LogP contribution in [0.2, 0.25) is 0 Å². The molecule has 4 nitrogen and oxygen atoms in total. The van der Waals surface area contributed by atoms with Crippen molar-refractivity contribution in [3.63, 3.8) is 0 Å². The van der Waals surface area contributed by atoms with E-state index in [0.29, 0.717) is 0 Å². The van der Waals surface area contributed by atoms with Crippen LogP contribution in [-0.4, -0.2) is 45.5 Å². The van der Waals surface area contributed by atoms with Gasteiger partial charge in [0, 0.05) is 19.8 Å². The summed E-state index contributed by atoms with van der Waals surface area (Å²) in [5, 5.41) is 14.7. The quantitative estimate of drug-likeness (QED) is 0.859. The summed E-state index contributed by atoms with van der Waals surface area (Å²) in [6.45, 7) is 2.11. The SMILES string of the molecule is CN1CCCC(O)(CCc2cnn(C)c2)CC1. The molecule has 0 aliphatic carbocycles. The molecule has 1 unspecified atom stereocenters. The van der Waals surface area contributed by atoms with Crippen LogP contribution in [0, 0.1) is 0 Å². The molecule has 1 aromatic rings. The monoisotopic (exact) mass is 237 g/mol. The third-order valence-electron chi connectivity index (χ3n) is 3.78. The number of aryl methyl sites for hydroxylation is 2. The van der Waals surface area contributed by atoms with Gasteiger partial charge in [-0.2, -0.15) is 5.10 Å². The number of aliphatic hydroxyl groups is 1. The van der Waals surface area contributed by atoms with Crippen LogP contribution in [0.4, 0.5) is 0 Å². The summed E-state index contributed by atoms with van der Waals surface area (Å²) in [4.78, 5) is 2.31. The summed E-state index contributed by atoms with van der Waals surface area (Å²) in [5.41, 5.74) is 0.749. The molecule has 0 spiro atoms. The molecule has 1 aliphatic heterocycles. The van der Waals surface area contributed by atoms with Crippen LogP contribution >= 0.6 is 0 Å². The number of hydrogen-bond acceptors (Lipinski definition) is 3. The van der Waals surface area contributed by atoms with Crippen LogP contribution in [0.3, 0.4) is 0 Å². The van der Waals surface area contributed by atoms with Crippen molar-refractivity contribution in [3.8, 4) is 0 Å². The van der Waals surface area contributed by atoms with E-state index in [9.17, 15) is 5.11 Å². The van der Waals surface area contributed by atoms with Gasteiger partial charge in [0.2, 0.25) is 0 Å². The Hall–Kier alpha value is -0.870. The van der Waals surface area contributed by atoms with Gasteiger partial charge in [-0.05, 0) is 51.3 Å². The number of hydrogen-bond donors (Lipinski definition) is 1. The van der Waals surface area contributed by atoms with E-state index < -0.39 is 5.60 Å². The van der Waals surface area contributed by atoms with Crippen LogP contribution in [0.25, 0.3) is 0 Å². The third kappa shape index (κ3) is 3.54. The Kier molecular flexibility index (Phi) is 3.84. The molecule has 1 aromatic heterocycles. The lowest BCUT2D eigenvalue weighted by atomic mass is 9.89. The molecule has 0 bridgehead atoms. The molecule has 0 saturated carbocycles. The Morgan fingerprint density at radius 3 is 2.88 bits per heavy atom. The molecular formula is C13H23N3O. The predicted octanol–water partition coefficient (Wildman–Crippen LogP) is 1.20. The molecule has 1 atom stereocenters. The lowest BCUT2D eigenvalue weighted by molar-refractivity contribution is 0.0178. The van der Waals surface area contributed by atoms with Crippen LogP contribution in [0.5, 0.6) is 0 Å². The van der Waals surface area contributed by atoms with Crippen molar-refractivity contribution >= 4 is 0 Å². The van der Waals surface area contributed by atoms with E-state index in [4.69, 9.17) is 0 Å². The predicted molar refractivity (Wildman–Crippen MR) is 67.8 cm³/mol. The summed E-state index contributed by atoms with van der Waals surface area (Å²) >= 11 is 0. The zero-order chi connectivity index (χ0) is 12.3. The average Bonchev–Trinajstić information content (AvgIpc) is 2.62. The Bertz CT molecular complexity index is 363. The number of nitrogens with zero attached hydrogens (tertiary/aromatic N) is 3. The second-order valence-corrected chi connectivity index (χ2v) is 5.40. The highest BCUT2D eigenvalue weighted by Gasteiger charge is 2.28. The van der Waals surface area contributed by atoms with Crippen molar-refractivity contribution in [2.24, 2.45) is 7.05 Å². The maximum Gasteiger partial charge on any atom is 0.0663 e. The lowest BCUT2D eigenvalue weighted by Crippen LogP contribution is -2.30. The van der Waals surface area contributed by atoms with E-state index in [1.807, 2.05) is 24.1 Å². The highest BCUT2D eigenvalue weighted by atomic mass is 16.3. The van der Waals surface area contributed by atoms with Gasteiger partial charge in [-0.25, -0.2) is 0 Å². The fourth-order valence-corrected chi connectivity index (χ4v) is 2.54. The molecule has 0 radical (unpaired) electrons. The smallest absolute Gasteiger partial charge is 0.0663 e. The molecule has 2 heterocycles. The summed E-state index contributed by atoms with van der Waals surface area (Å²) in [6, 6.07) is 0. The first kappa shape index (κ1) is 12.6. The van der Waals surface area contributed by atoms with Gasteiger partial charge in [-0.15, -0.1) is 0 Å². The minimum atomic E-state index is -0.472. The molecule has 1 saturated heterocycles. The zero-order valence-corrected chi connectivity index (χ0v) is 10.9. The molecule has 96 valence electrons. The average molecular weight is 237 g/mol.